The van der Waals surface area contributed by atoms with Gasteiger partial charge >= 0.3 is 5.97 Å². The first-order valence-electron chi connectivity index (χ1n) is 7.57. The Bertz CT molecular complexity index is 715. The molecule has 0 aliphatic carbocycles. The van der Waals surface area contributed by atoms with Gasteiger partial charge in [-0.2, -0.15) is 0 Å². The third kappa shape index (κ3) is 7.42. The highest BCUT2D eigenvalue weighted by Gasteiger charge is 2.20. The summed E-state index contributed by atoms with van der Waals surface area (Å²) in [5, 5.41) is 11.7. The summed E-state index contributed by atoms with van der Waals surface area (Å²) < 4.78 is 32.5. The SMILES string of the molecule is COc1ccc(C(CC(=O)O)NC(=O)CCCS(C)(=O)=O)cc1OC. The average Bonchev–Trinajstić information content (AvgIpc) is 2.51. The van der Waals surface area contributed by atoms with Crippen LogP contribution in [-0.2, 0) is 19.4 Å². The second-order valence-corrected chi connectivity index (χ2v) is 7.83. The largest absolute Gasteiger partial charge is 0.493 e. The van der Waals surface area contributed by atoms with E-state index in [0.717, 1.165) is 6.26 Å². The lowest BCUT2D eigenvalue weighted by Gasteiger charge is -2.19. The van der Waals surface area contributed by atoms with Gasteiger partial charge in [0.25, 0.3) is 0 Å². The van der Waals surface area contributed by atoms with Crippen molar-refractivity contribution in [2.75, 3.05) is 26.2 Å². The number of rotatable bonds is 10. The maximum Gasteiger partial charge on any atom is 0.305 e. The summed E-state index contributed by atoms with van der Waals surface area (Å²) in [6.45, 7) is 0. The Balaban J connectivity index is 2.87. The number of benzene rings is 1. The first-order valence-corrected chi connectivity index (χ1v) is 9.63. The molecule has 0 fully saturated rings. The summed E-state index contributed by atoms with van der Waals surface area (Å²) in [6.07, 6.45) is 0.960. The van der Waals surface area contributed by atoms with Crippen LogP contribution < -0.4 is 14.8 Å². The molecule has 0 spiro atoms. The highest BCUT2D eigenvalue weighted by molar-refractivity contribution is 7.90. The minimum Gasteiger partial charge on any atom is -0.493 e. The van der Waals surface area contributed by atoms with Gasteiger partial charge in [0.1, 0.15) is 9.84 Å². The summed E-state index contributed by atoms with van der Waals surface area (Å²) in [6, 6.07) is 4.11. The van der Waals surface area contributed by atoms with Crippen LogP contribution in [0.3, 0.4) is 0 Å². The van der Waals surface area contributed by atoms with Gasteiger partial charge in [0.2, 0.25) is 5.91 Å². The minimum absolute atomic E-state index is 0.00349. The van der Waals surface area contributed by atoms with Gasteiger partial charge < -0.3 is 19.9 Å². The summed E-state index contributed by atoms with van der Waals surface area (Å²) in [5.74, 6) is -0.678. The Hall–Kier alpha value is -2.29. The Morgan fingerprint density at radius 1 is 1.20 bits per heavy atom. The maximum atomic E-state index is 12.0. The minimum atomic E-state index is -3.14. The molecule has 0 bridgehead atoms. The summed E-state index contributed by atoms with van der Waals surface area (Å²) >= 11 is 0. The van der Waals surface area contributed by atoms with Crippen molar-refractivity contribution in [3.8, 4) is 11.5 Å². The molecule has 1 amide bonds. The molecule has 1 unspecified atom stereocenters. The van der Waals surface area contributed by atoms with Crippen molar-refractivity contribution in [3.05, 3.63) is 23.8 Å². The number of nitrogens with one attached hydrogen (secondary N) is 1. The molecule has 0 heterocycles. The number of carboxylic acid groups (broad SMARTS) is 1. The Labute approximate surface area is 147 Å². The summed E-state index contributed by atoms with van der Waals surface area (Å²) in [4.78, 5) is 23.1. The van der Waals surface area contributed by atoms with Crippen LogP contribution in [0.25, 0.3) is 0 Å². The standard InChI is InChI=1S/C16H23NO7S/c1-23-13-7-6-11(9-14(13)24-2)12(10-16(19)20)17-15(18)5-4-8-25(3,21)22/h6-7,9,12H,4-5,8,10H2,1-3H3,(H,17,18)(H,19,20). The Morgan fingerprint density at radius 2 is 1.84 bits per heavy atom. The molecule has 25 heavy (non-hydrogen) atoms. The van der Waals surface area contributed by atoms with E-state index in [1.807, 2.05) is 0 Å². The fourth-order valence-electron chi connectivity index (χ4n) is 2.26. The van der Waals surface area contributed by atoms with E-state index in [4.69, 9.17) is 14.6 Å². The molecule has 0 aliphatic heterocycles. The lowest BCUT2D eigenvalue weighted by Crippen LogP contribution is -2.30. The lowest BCUT2D eigenvalue weighted by molar-refractivity contribution is -0.137. The molecule has 2 N–H and O–H groups in total. The number of ether oxygens (including phenoxy) is 2. The van der Waals surface area contributed by atoms with Gasteiger partial charge in [-0.1, -0.05) is 6.07 Å². The highest BCUT2D eigenvalue weighted by atomic mass is 32.2. The van der Waals surface area contributed by atoms with Crippen molar-refractivity contribution in [2.45, 2.75) is 25.3 Å². The number of carboxylic acids is 1. The van der Waals surface area contributed by atoms with E-state index >= 15 is 0 Å². The van der Waals surface area contributed by atoms with Crippen LogP contribution in [0.5, 0.6) is 11.5 Å². The monoisotopic (exact) mass is 373 g/mol. The van der Waals surface area contributed by atoms with Gasteiger partial charge in [-0.3, -0.25) is 9.59 Å². The zero-order valence-corrected chi connectivity index (χ0v) is 15.3. The summed E-state index contributed by atoms with van der Waals surface area (Å²) in [5.41, 5.74) is 0.552. The maximum absolute atomic E-state index is 12.0. The van der Waals surface area contributed by atoms with Crippen LogP contribution in [0.15, 0.2) is 18.2 Å². The van der Waals surface area contributed by atoms with E-state index in [1.54, 1.807) is 18.2 Å². The molecular formula is C16H23NO7S. The van der Waals surface area contributed by atoms with Crippen LogP contribution in [-0.4, -0.2) is 51.6 Å². The van der Waals surface area contributed by atoms with Crippen molar-refractivity contribution >= 4 is 21.7 Å². The molecule has 9 heteroatoms. The molecular weight excluding hydrogens is 350 g/mol. The van der Waals surface area contributed by atoms with E-state index in [2.05, 4.69) is 5.32 Å². The molecule has 0 saturated heterocycles. The van der Waals surface area contributed by atoms with E-state index in [9.17, 15) is 18.0 Å². The molecule has 0 aromatic heterocycles. The molecule has 0 radical (unpaired) electrons. The van der Waals surface area contributed by atoms with E-state index in [0.29, 0.717) is 17.1 Å². The van der Waals surface area contributed by atoms with Gasteiger partial charge in [-0.25, -0.2) is 8.42 Å². The molecule has 0 saturated carbocycles. The van der Waals surface area contributed by atoms with Gasteiger partial charge in [-0.05, 0) is 24.1 Å². The number of carbonyl (C=O) groups excluding carboxylic acids is 1. The first-order chi connectivity index (χ1) is 11.7. The van der Waals surface area contributed by atoms with Crippen LogP contribution in [0.1, 0.15) is 30.9 Å². The Kier molecular flexibility index (Phi) is 7.69. The summed E-state index contributed by atoms with van der Waals surface area (Å²) in [7, 11) is -0.203. The quantitative estimate of drug-likeness (QED) is 0.631. The topological polar surface area (TPSA) is 119 Å². The van der Waals surface area contributed by atoms with E-state index in [1.165, 1.54) is 14.2 Å². The number of aliphatic carboxylic acids is 1. The lowest BCUT2D eigenvalue weighted by atomic mass is 10.0. The van der Waals surface area contributed by atoms with E-state index < -0.39 is 27.8 Å². The van der Waals surface area contributed by atoms with Crippen molar-refractivity contribution in [2.24, 2.45) is 0 Å². The number of sulfone groups is 1. The fourth-order valence-corrected chi connectivity index (χ4v) is 2.93. The second-order valence-electron chi connectivity index (χ2n) is 5.57. The van der Waals surface area contributed by atoms with E-state index in [-0.39, 0.29) is 25.0 Å². The van der Waals surface area contributed by atoms with Crippen molar-refractivity contribution in [1.29, 1.82) is 0 Å². The molecule has 8 nitrogen and oxygen atoms in total. The van der Waals surface area contributed by atoms with Crippen molar-refractivity contribution in [3.63, 3.8) is 0 Å². The van der Waals surface area contributed by atoms with Gasteiger partial charge in [0.15, 0.2) is 11.5 Å². The number of carbonyl (C=O) groups is 2. The van der Waals surface area contributed by atoms with Crippen LogP contribution in [0.4, 0.5) is 0 Å². The first kappa shape index (κ1) is 20.8. The van der Waals surface area contributed by atoms with Crippen molar-refractivity contribution < 1.29 is 32.6 Å². The molecule has 1 aromatic rings. The number of hydrogen-bond donors (Lipinski definition) is 2. The van der Waals surface area contributed by atoms with Gasteiger partial charge in [0, 0.05) is 12.7 Å². The molecule has 0 aliphatic rings. The fraction of sp³-hybridized carbons (Fsp3) is 0.500. The molecule has 140 valence electrons. The van der Waals surface area contributed by atoms with Crippen LogP contribution in [0.2, 0.25) is 0 Å². The normalized spacial score (nSPS) is 12.3. The predicted octanol–water partition coefficient (Wildman–Crippen LogP) is 1.16. The number of amides is 1. The third-order valence-electron chi connectivity index (χ3n) is 3.44. The predicted molar refractivity (Wildman–Crippen MR) is 91.6 cm³/mol. The second kappa shape index (κ2) is 9.26. The Morgan fingerprint density at radius 3 is 2.36 bits per heavy atom. The number of hydrogen-bond acceptors (Lipinski definition) is 6. The number of methoxy groups -OCH3 is 2. The highest BCUT2D eigenvalue weighted by Crippen LogP contribution is 2.31. The average molecular weight is 373 g/mol. The van der Waals surface area contributed by atoms with Crippen molar-refractivity contribution in [1.82, 2.24) is 5.32 Å². The van der Waals surface area contributed by atoms with Crippen LogP contribution in [0, 0.1) is 0 Å². The molecule has 1 rings (SSSR count). The smallest absolute Gasteiger partial charge is 0.305 e. The molecule has 1 atom stereocenters. The van der Waals surface area contributed by atoms with Gasteiger partial charge in [-0.15, -0.1) is 0 Å². The van der Waals surface area contributed by atoms with Gasteiger partial charge in [0.05, 0.1) is 32.4 Å². The molecule has 1 aromatic carbocycles. The zero-order chi connectivity index (χ0) is 19.0. The zero-order valence-electron chi connectivity index (χ0n) is 14.4. The third-order valence-corrected chi connectivity index (χ3v) is 4.47. The van der Waals surface area contributed by atoms with Crippen LogP contribution >= 0.6 is 0 Å².